The first-order valence-corrected chi connectivity index (χ1v) is 8.48. The fourth-order valence-corrected chi connectivity index (χ4v) is 2.13. The van der Waals surface area contributed by atoms with Crippen LogP contribution in [0.25, 0.3) is 0 Å². The third-order valence-electron chi connectivity index (χ3n) is 3.41. The first-order chi connectivity index (χ1) is 11.8. The number of aliphatic imine (C=N–C) groups is 1. The average molecular weight is 465 g/mol. The van der Waals surface area contributed by atoms with Crippen molar-refractivity contribution < 1.29 is 14.2 Å². The van der Waals surface area contributed by atoms with E-state index in [2.05, 4.69) is 34.7 Å². The molecular weight excluding hydrogens is 433 g/mol. The lowest BCUT2D eigenvalue weighted by molar-refractivity contribution is 0.0698. The maximum Gasteiger partial charge on any atom is 0.191 e. The molecule has 7 heteroatoms. The summed E-state index contributed by atoms with van der Waals surface area (Å²) >= 11 is 0. The minimum atomic E-state index is -0.0426. The van der Waals surface area contributed by atoms with Crippen LogP contribution in [-0.4, -0.2) is 59.6 Å². The fraction of sp³-hybridized carbons (Fsp3) is 0.611. The molecule has 0 spiro atoms. The van der Waals surface area contributed by atoms with Crippen LogP contribution in [0.3, 0.4) is 0 Å². The molecule has 1 unspecified atom stereocenters. The van der Waals surface area contributed by atoms with Crippen LogP contribution >= 0.6 is 24.0 Å². The molecule has 2 N–H and O–H groups in total. The van der Waals surface area contributed by atoms with E-state index in [1.807, 2.05) is 18.2 Å². The van der Waals surface area contributed by atoms with Gasteiger partial charge in [-0.3, -0.25) is 4.99 Å². The topological polar surface area (TPSA) is 64.1 Å². The van der Waals surface area contributed by atoms with Crippen molar-refractivity contribution in [2.45, 2.75) is 19.4 Å². The Bertz CT molecular complexity index is 446. The summed E-state index contributed by atoms with van der Waals surface area (Å²) < 4.78 is 15.9. The molecule has 0 aliphatic carbocycles. The van der Waals surface area contributed by atoms with Gasteiger partial charge in [0.25, 0.3) is 0 Å². The number of halogens is 1. The number of nitrogens with one attached hydrogen (secondary N) is 2. The SMILES string of the molecule is CCNC(=NCC(OC)c1ccccc1)NCCCOCCOC.I. The van der Waals surface area contributed by atoms with Crippen LogP contribution in [0.5, 0.6) is 0 Å². The average Bonchev–Trinajstić information content (AvgIpc) is 2.62. The molecule has 0 fully saturated rings. The maximum atomic E-state index is 5.55. The van der Waals surface area contributed by atoms with Crippen molar-refractivity contribution in [3.63, 3.8) is 0 Å². The van der Waals surface area contributed by atoms with Crippen molar-refractivity contribution in [2.24, 2.45) is 4.99 Å². The molecule has 0 bridgehead atoms. The second-order valence-corrected chi connectivity index (χ2v) is 5.24. The first-order valence-electron chi connectivity index (χ1n) is 8.48. The van der Waals surface area contributed by atoms with Gasteiger partial charge in [0, 0.05) is 33.9 Å². The quantitative estimate of drug-likeness (QED) is 0.215. The number of rotatable bonds is 12. The van der Waals surface area contributed by atoms with Crippen molar-refractivity contribution in [2.75, 3.05) is 53.7 Å². The third-order valence-corrected chi connectivity index (χ3v) is 3.41. The lowest BCUT2D eigenvalue weighted by Crippen LogP contribution is -2.38. The molecule has 0 aliphatic rings. The zero-order chi connectivity index (χ0) is 17.5. The zero-order valence-corrected chi connectivity index (χ0v) is 17.8. The standard InChI is InChI=1S/C18H31N3O3.HI/c1-4-19-18(20-11-8-12-24-14-13-22-2)21-15-17(23-3)16-9-6-5-7-10-16;/h5-7,9-10,17H,4,8,11-15H2,1-3H3,(H2,19,20,21);1H. The van der Waals surface area contributed by atoms with Crippen molar-refractivity contribution in [1.82, 2.24) is 10.6 Å². The van der Waals surface area contributed by atoms with Gasteiger partial charge in [-0.15, -0.1) is 24.0 Å². The summed E-state index contributed by atoms with van der Waals surface area (Å²) in [4.78, 5) is 4.62. The Labute approximate surface area is 168 Å². The lowest BCUT2D eigenvalue weighted by Gasteiger charge is -2.16. The number of guanidine groups is 1. The van der Waals surface area contributed by atoms with E-state index in [1.165, 1.54) is 0 Å². The number of hydrogen-bond acceptors (Lipinski definition) is 4. The molecule has 0 radical (unpaired) electrons. The predicted octanol–water partition coefficient (Wildman–Crippen LogP) is 2.60. The summed E-state index contributed by atoms with van der Waals surface area (Å²) in [5, 5.41) is 6.56. The number of nitrogens with zero attached hydrogens (tertiary/aromatic N) is 1. The molecule has 1 aromatic carbocycles. The summed E-state index contributed by atoms with van der Waals surface area (Å²) in [5.74, 6) is 0.798. The van der Waals surface area contributed by atoms with Crippen LogP contribution in [0.1, 0.15) is 25.0 Å². The largest absolute Gasteiger partial charge is 0.382 e. The number of hydrogen-bond donors (Lipinski definition) is 2. The Morgan fingerprint density at radius 2 is 1.84 bits per heavy atom. The van der Waals surface area contributed by atoms with Gasteiger partial charge in [0.1, 0.15) is 6.10 Å². The summed E-state index contributed by atoms with van der Waals surface area (Å²) in [6.45, 7) is 6.23. The van der Waals surface area contributed by atoms with Crippen molar-refractivity contribution in [3.05, 3.63) is 35.9 Å². The van der Waals surface area contributed by atoms with E-state index in [-0.39, 0.29) is 30.1 Å². The van der Waals surface area contributed by atoms with Crippen LogP contribution in [0.15, 0.2) is 35.3 Å². The van der Waals surface area contributed by atoms with Crippen molar-refractivity contribution in [3.8, 4) is 0 Å². The monoisotopic (exact) mass is 465 g/mol. The highest BCUT2D eigenvalue weighted by molar-refractivity contribution is 14.0. The van der Waals surface area contributed by atoms with Gasteiger partial charge in [0.05, 0.1) is 19.8 Å². The minimum absolute atomic E-state index is 0. The van der Waals surface area contributed by atoms with Gasteiger partial charge in [-0.05, 0) is 18.9 Å². The Balaban J connectivity index is 0.00000576. The number of ether oxygens (including phenoxy) is 3. The first kappa shape index (κ1) is 24.1. The summed E-state index contributed by atoms with van der Waals surface area (Å²) in [5.41, 5.74) is 1.13. The Morgan fingerprint density at radius 1 is 1.08 bits per heavy atom. The summed E-state index contributed by atoms with van der Waals surface area (Å²) in [6.07, 6.45) is 0.875. The molecule has 0 saturated heterocycles. The molecular formula is C18H32IN3O3. The molecule has 0 amide bonds. The van der Waals surface area contributed by atoms with E-state index in [0.29, 0.717) is 26.4 Å². The van der Waals surface area contributed by atoms with Gasteiger partial charge < -0.3 is 24.8 Å². The van der Waals surface area contributed by atoms with Crippen molar-refractivity contribution >= 4 is 29.9 Å². The number of benzene rings is 1. The Morgan fingerprint density at radius 3 is 2.48 bits per heavy atom. The lowest BCUT2D eigenvalue weighted by atomic mass is 10.1. The second kappa shape index (κ2) is 16.6. The molecule has 6 nitrogen and oxygen atoms in total. The third kappa shape index (κ3) is 11.4. The van der Waals surface area contributed by atoms with Gasteiger partial charge >= 0.3 is 0 Å². The highest BCUT2D eigenvalue weighted by Crippen LogP contribution is 2.16. The molecule has 0 aromatic heterocycles. The van der Waals surface area contributed by atoms with E-state index in [4.69, 9.17) is 14.2 Å². The van der Waals surface area contributed by atoms with E-state index in [0.717, 1.165) is 31.0 Å². The minimum Gasteiger partial charge on any atom is -0.382 e. The fourth-order valence-electron chi connectivity index (χ4n) is 2.13. The highest BCUT2D eigenvalue weighted by atomic mass is 127. The molecule has 144 valence electrons. The van der Waals surface area contributed by atoms with Crippen LogP contribution in [0.2, 0.25) is 0 Å². The second-order valence-electron chi connectivity index (χ2n) is 5.24. The molecule has 1 atom stereocenters. The smallest absolute Gasteiger partial charge is 0.191 e. The van der Waals surface area contributed by atoms with Gasteiger partial charge in [-0.25, -0.2) is 0 Å². The molecule has 0 heterocycles. The zero-order valence-electron chi connectivity index (χ0n) is 15.5. The van der Waals surface area contributed by atoms with Gasteiger partial charge in [0.15, 0.2) is 5.96 Å². The normalized spacial score (nSPS) is 12.4. The van der Waals surface area contributed by atoms with E-state index in [1.54, 1.807) is 14.2 Å². The highest BCUT2D eigenvalue weighted by Gasteiger charge is 2.09. The Kier molecular flexibility index (Phi) is 16.0. The number of methoxy groups -OCH3 is 2. The van der Waals surface area contributed by atoms with Gasteiger partial charge in [0.2, 0.25) is 0 Å². The molecule has 25 heavy (non-hydrogen) atoms. The van der Waals surface area contributed by atoms with Gasteiger partial charge in [-0.1, -0.05) is 30.3 Å². The van der Waals surface area contributed by atoms with E-state index < -0.39 is 0 Å². The molecule has 1 aromatic rings. The van der Waals surface area contributed by atoms with E-state index >= 15 is 0 Å². The predicted molar refractivity (Wildman–Crippen MR) is 113 cm³/mol. The summed E-state index contributed by atoms with van der Waals surface area (Å²) in [6, 6.07) is 10.1. The molecule has 0 aliphatic heterocycles. The van der Waals surface area contributed by atoms with Crippen LogP contribution in [0, 0.1) is 0 Å². The van der Waals surface area contributed by atoms with E-state index in [9.17, 15) is 0 Å². The molecule has 1 rings (SSSR count). The maximum absolute atomic E-state index is 5.55. The van der Waals surface area contributed by atoms with Crippen molar-refractivity contribution in [1.29, 1.82) is 0 Å². The van der Waals surface area contributed by atoms with Crippen LogP contribution < -0.4 is 10.6 Å². The summed E-state index contributed by atoms with van der Waals surface area (Å²) in [7, 11) is 3.39. The Hall–Kier alpha value is -0.900. The van der Waals surface area contributed by atoms with Crippen LogP contribution in [0.4, 0.5) is 0 Å². The van der Waals surface area contributed by atoms with Gasteiger partial charge in [-0.2, -0.15) is 0 Å². The van der Waals surface area contributed by atoms with Crippen LogP contribution in [-0.2, 0) is 14.2 Å². The molecule has 0 saturated carbocycles.